The molecule has 0 aliphatic rings. The number of hydrogen-bond acceptors (Lipinski definition) is 3. The monoisotopic (exact) mass is 370 g/mol. The molecule has 3 heterocycles. The van der Waals surface area contributed by atoms with Crippen LogP contribution in [0.1, 0.15) is 24.1 Å². The molecule has 140 valence electrons. The third-order valence-corrected chi connectivity index (χ3v) is 4.72. The minimum atomic E-state index is -0.0164. The molecule has 0 radical (unpaired) electrons. The molecule has 0 unspecified atom stereocenters. The van der Waals surface area contributed by atoms with Crippen LogP contribution in [0.2, 0.25) is 0 Å². The molecule has 4 rings (SSSR count). The standard InChI is InChI=1S/C23H22N4O/c1-16-8-6-13-21(25-16)27-22(28)14-7-10-18-17-9-2-3-11-19(17)26-23(18)20-12-4-5-15-24-20/h2-6,8-9,11-13,15,26H,7,10,14H2,1H3,(H,25,27,28). The molecule has 2 N–H and O–H groups in total. The summed E-state index contributed by atoms with van der Waals surface area (Å²) in [5.74, 6) is 0.587. The normalized spacial score (nSPS) is 10.9. The number of H-pyrrole nitrogens is 1. The van der Waals surface area contributed by atoms with E-state index in [1.54, 1.807) is 6.20 Å². The molecule has 5 nitrogen and oxygen atoms in total. The molecule has 0 saturated heterocycles. The molecule has 0 spiro atoms. The summed E-state index contributed by atoms with van der Waals surface area (Å²) >= 11 is 0. The van der Waals surface area contributed by atoms with Crippen molar-refractivity contribution in [3.63, 3.8) is 0 Å². The molecule has 0 bridgehead atoms. The summed E-state index contributed by atoms with van der Waals surface area (Å²) in [6.45, 7) is 1.91. The van der Waals surface area contributed by atoms with E-state index in [-0.39, 0.29) is 5.91 Å². The molecule has 0 atom stereocenters. The Morgan fingerprint density at radius 3 is 2.71 bits per heavy atom. The van der Waals surface area contributed by atoms with Gasteiger partial charge in [0, 0.05) is 29.2 Å². The van der Waals surface area contributed by atoms with Crippen LogP contribution in [0.3, 0.4) is 0 Å². The number of amides is 1. The van der Waals surface area contributed by atoms with Gasteiger partial charge in [0.25, 0.3) is 0 Å². The van der Waals surface area contributed by atoms with Crippen molar-refractivity contribution < 1.29 is 4.79 Å². The Balaban J connectivity index is 1.49. The van der Waals surface area contributed by atoms with Crippen molar-refractivity contribution in [3.8, 4) is 11.4 Å². The Labute approximate surface area is 163 Å². The molecule has 1 aromatic carbocycles. The van der Waals surface area contributed by atoms with Gasteiger partial charge >= 0.3 is 0 Å². The van der Waals surface area contributed by atoms with E-state index in [9.17, 15) is 4.79 Å². The summed E-state index contributed by atoms with van der Waals surface area (Å²) in [4.78, 5) is 24.6. The van der Waals surface area contributed by atoms with E-state index in [1.807, 2.05) is 55.5 Å². The van der Waals surface area contributed by atoms with E-state index in [0.29, 0.717) is 12.2 Å². The fraction of sp³-hybridized carbons (Fsp3) is 0.174. The Kier molecular flexibility index (Phi) is 5.15. The first-order valence-corrected chi connectivity index (χ1v) is 9.45. The third-order valence-electron chi connectivity index (χ3n) is 4.72. The maximum atomic E-state index is 12.3. The number of nitrogens with zero attached hydrogens (tertiary/aromatic N) is 2. The summed E-state index contributed by atoms with van der Waals surface area (Å²) in [6, 6.07) is 19.8. The number of benzene rings is 1. The van der Waals surface area contributed by atoms with Gasteiger partial charge in [0.15, 0.2) is 0 Å². The van der Waals surface area contributed by atoms with Gasteiger partial charge in [0.2, 0.25) is 5.91 Å². The number of aryl methyl sites for hydroxylation is 2. The Hall–Kier alpha value is -3.47. The Morgan fingerprint density at radius 2 is 1.89 bits per heavy atom. The minimum absolute atomic E-state index is 0.0164. The molecule has 1 amide bonds. The number of aromatic nitrogens is 3. The van der Waals surface area contributed by atoms with Gasteiger partial charge in [-0.25, -0.2) is 4.98 Å². The number of para-hydroxylation sites is 1. The average molecular weight is 370 g/mol. The van der Waals surface area contributed by atoms with E-state index in [2.05, 4.69) is 32.4 Å². The average Bonchev–Trinajstić information content (AvgIpc) is 3.07. The van der Waals surface area contributed by atoms with Gasteiger partial charge in [-0.1, -0.05) is 30.3 Å². The fourth-order valence-electron chi connectivity index (χ4n) is 3.43. The van der Waals surface area contributed by atoms with Gasteiger partial charge in [-0.15, -0.1) is 0 Å². The summed E-state index contributed by atoms with van der Waals surface area (Å²) in [5.41, 5.74) is 5.13. The molecular formula is C23H22N4O. The van der Waals surface area contributed by atoms with E-state index in [4.69, 9.17) is 0 Å². The number of carbonyl (C=O) groups is 1. The van der Waals surface area contributed by atoms with Crippen LogP contribution in [0, 0.1) is 6.92 Å². The third kappa shape index (κ3) is 3.93. The highest BCUT2D eigenvalue weighted by Gasteiger charge is 2.14. The van der Waals surface area contributed by atoms with Crippen molar-refractivity contribution in [2.24, 2.45) is 0 Å². The zero-order valence-electron chi connectivity index (χ0n) is 15.8. The number of aromatic amines is 1. The van der Waals surface area contributed by atoms with E-state index in [1.165, 1.54) is 10.9 Å². The lowest BCUT2D eigenvalue weighted by molar-refractivity contribution is -0.116. The number of hydrogen-bond donors (Lipinski definition) is 2. The SMILES string of the molecule is Cc1cccc(NC(=O)CCCc2c(-c3ccccn3)[nH]c3ccccc23)n1. The van der Waals surface area contributed by atoms with Crippen LogP contribution in [-0.4, -0.2) is 20.9 Å². The van der Waals surface area contributed by atoms with Crippen LogP contribution in [-0.2, 0) is 11.2 Å². The number of fused-ring (bicyclic) bond motifs is 1. The number of pyridine rings is 2. The fourth-order valence-corrected chi connectivity index (χ4v) is 3.43. The van der Waals surface area contributed by atoms with E-state index < -0.39 is 0 Å². The van der Waals surface area contributed by atoms with Gasteiger partial charge in [-0.2, -0.15) is 0 Å². The Morgan fingerprint density at radius 1 is 1.04 bits per heavy atom. The lowest BCUT2D eigenvalue weighted by Gasteiger charge is -2.07. The van der Waals surface area contributed by atoms with Crippen molar-refractivity contribution in [1.29, 1.82) is 0 Å². The van der Waals surface area contributed by atoms with Crippen molar-refractivity contribution in [2.75, 3.05) is 5.32 Å². The summed E-state index contributed by atoms with van der Waals surface area (Å²) < 4.78 is 0. The van der Waals surface area contributed by atoms with Crippen LogP contribution in [0.25, 0.3) is 22.3 Å². The molecule has 28 heavy (non-hydrogen) atoms. The molecule has 5 heteroatoms. The van der Waals surface area contributed by atoms with Crippen LogP contribution in [0.5, 0.6) is 0 Å². The van der Waals surface area contributed by atoms with E-state index >= 15 is 0 Å². The number of carbonyl (C=O) groups excluding carboxylic acids is 1. The quantitative estimate of drug-likeness (QED) is 0.507. The summed E-state index contributed by atoms with van der Waals surface area (Å²) in [7, 11) is 0. The lowest BCUT2D eigenvalue weighted by atomic mass is 10.0. The minimum Gasteiger partial charge on any atom is -0.353 e. The van der Waals surface area contributed by atoms with Crippen molar-refractivity contribution in [1.82, 2.24) is 15.0 Å². The van der Waals surface area contributed by atoms with E-state index in [0.717, 1.165) is 35.4 Å². The van der Waals surface area contributed by atoms with Gasteiger partial charge in [0.1, 0.15) is 5.82 Å². The topological polar surface area (TPSA) is 70.7 Å². The zero-order valence-corrected chi connectivity index (χ0v) is 15.8. The van der Waals surface area contributed by atoms with Crippen LogP contribution in [0.4, 0.5) is 5.82 Å². The first-order chi connectivity index (χ1) is 13.7. The molecule has 0 aliphatic carbocycles. The smallest absolute Gasteiger partial charge is 0.225 e. The van der Waals surface area contributed by atoms with Gasteiger partial charge in [0.05, 0.1) is 11.4 Å². The largest absolute Gasteiger partial charge is 0.353 e. The highest BCUT2D eigenvalue weighted by Crippen LogP contribution is 2.30. The molecule has 0 fully saturated rings. The van der Waals surface area contributed by atoms with Crippen LogP contribution in [0.15, 0.2) is 66.9 Å². The summed E-state index contributed by atoms with van der Waals surface area (Å²) in [6.07, 6.45) is 3.79. The number of rotatable bonds is 6. The van der Waals surface area contributed by atoms with Gasteiger partial charge in [-0.05, 0) is 55.7 Å². The molecule has 0 saturated carbocycles. The maximum Gasteiger partial charge on any atom is 0.225 e. The number of nitrogens with one attached hydrogen (secondary N) is 2. The second kappa shape index (κ2) is 8.05. The van der Waals surface area contributed by atoms with Crippen molar-refractivity contribution in [3.05, 3.63) is 78.1 Å². The van der Waals surface area contributed by atoms with Gasteiger partial charge < -0.3 is 10.3 Å². The maximum absolute atomic E-state index is 12.3. The highest BCUT2D eigenvalue weighted by molar-refractivity contribution is 5.91. The molecular weight excluding hydrogens is 348 g/mol. The summed E-state index contributed by atoms with van der Waals surface area (Å²) in [5, 5.41) is 4.06. The second-order valence-corrected chi connectivity index (χ2v) is 6.81. The molecule has 4 aromatic rings. The first kappa shape index (κ1) is 17.9. The molecule has 3 aromatic heterocycles. The van der Waals surface area contributed by atoms with Crippen LogP contribution >= 0.6 is 0 Å². The molecule has 0 aliphatic heterocycles. The number of anilines is 1. The lowest BCUT2D eigenvalue weighted by Crippen LogP contribution is -2.12. The highest BCUT2D eigenvalue weighted by atomic mass is 16.1. The van der Waals surface area contributed by atoms with Crippen LogP contribution < -0.4 is 5.32 Å². The van der Waals surface area contributed by atoms with Crippen molar-refractivity contribution in [2.45, 2.75) is 26.2 Å². The van der Waals surface area contributed by atoms with Crippen molar-refractivity contribution >= 4 is 22.6 Å². The first-order valence-electron chi connectivity index (χ1n) is 9.45. The second-order valence-electron chi connectivity index (χ2n) is 6.81. The predicted octanol–water partition coefficient (Wildman–Crippen LogP) is 4.89. The predicted molar refractivity (Wildman–Crippen MR) is 112 cm³/mol. The zero-order chi connectivity index (χ0) is 19.3. The Bertz CT molecular complexity index is 1100. The van der Waals surface area contributed by atoms with Gasteiger partial charge in [-0.3, -0.25) is 9.78 Å².